The van der Waals surface area contributed by atoms with E-state index in [4.69, 9.17) is 0 Å². The molecule has 0 saturated heterocycles. The quantitative estimate of drug-likeness (QED) is 0.810. The molecular formula is C12H21NOS. The van der Waals surface area contributed by atoms with Crippen molar-refractivity contribution in [3.8, 4) is 0 Å². The molecule has 0 saturated carbocycles. The van der Waals surface area contributed by atoms with Crippen LogP contribution in [-0.2, 0) is 6.54 Å². The Hall–Kier alpha value is -0.380. The Kier molecular flexibility index (Phi) is 4.77. The van der Waals surface area contributed by atoms with Crippen LogP contribution in [0, 0.1) is 19.8 Å². The Labute approximate surface area is 96.3 Å². The summed E-state index contributed by atoms with van der Waals surface area (Å²) in [6, 6.07) is 2.42. The predicted octanol–water partition coefficient (Wildman–Crippen LogP) is 2.47. The number of hydrogen-bond acceptors (Lipinski definition) is 3. The number of aliphatic hydroxyl groups excluding tert-OH is 1. The number of hydrogen-bond donors (Lipinski definition) is 2. The topological polar surface area (TPSA) is 32.3 Å². The van der Waals surface area contributed by atoms with Gasteiger partial charge in [-0.3, -0.25) is 0 Å². The molecule has 0 bridgehead atoms. The van der Waals surface area contributed by atoms with Gasteiger partial charge in [0.15, 0.2) is 0 Å². The van der Waals surface area contributed by atoms with Crippen molar-refractivity contribution in [2.24, 2.45) is 5.92 Å². The summed E-state index contributed by atoms with van der Waals surface area (Å²) < 4.78 is 0. The van der Waals surface area contributed by atoms with Crippen LogP contribution in [0.3, 0.4) is 0 Å². The minimum Gasteiger partial charge on any atom is -0.395 e. The molecule has 2 N–H and O–H groups in total. The molecule has 0 unspecified atom stereocenters. The van der Waals surface area contributed by atoms with Crippen molar-refractivity contribution in [1.82, 2.24) is 5.32 Å². The highest BCUT2D eigenvalue weighted by Gasteiger charge is 2.12. The first kappa shape index (κ1) is 12.7. The van der Waals surface area contributed by atoms with Crippen LogP contribution in [0.15, 0.2) is 6.07 Å². The first-order chi connectivity index (χ1) is 7.04. The van der Waals surface area contributed by atoms with Crippen molar-refractivity contribution in [1.29, 1.82) is 0 Å². The van der Waals surface area contributed by atoms with Crippen LogP contribution in [0.25, 0.3) is 0 Å². The highest BCUT2D eigenvalue weighted by molar-refractivity contribution is 7.12. The number of aryl methyl sites for hydroxylation is 2. The van der Waals surface area contributed by atoms with Gasteiger partial charge in [0, 0.05) is 22.3 Å². The van der Waals surface area contributed by atoms with E-state index in [-0.39, 0.29) is 12.6 Å². The van der Waals surface area contributed by atoms with E-state index >= 15 is 0 Å². The minimum atomic E-state index is 0.199. The molecule has 0 amide bonds. The fourth-order valence-electron chi connectivity index (χ4n) is 1.61. The molecule has 1 heterocycles. The van der Waals surface area contributed by atoms with Crippen molar-refractivity contribution in [3.05, 3.63) is 21.4 Å². The van der Waals surface area contributed by atoms with Gasteiger partial charge in [0.1, 0.15) is 0 Å². The monoisotopic (exact) mass is 227 g/mol. The lowest BCUT2D eigenvalue weighted by Gasteiger charge is -2.19. The fourth-order valence-corrected chi connectivity index (χ4v) is 2.56. The first-order valence-electron chi connectivity index (χ1n) is 5.44. The van der Waals surface area contributed by atoms with Gasteiger partial charge in [-0.25, -0.2) is 0 Å². The van der Waals surface area contributed by atoms with Gasteiger partial charge in [0.05, 0.1) is 6.61 Å². The van der Waals surface area contributed by atoms with Gasteiger partial charge in [0.2, 0.25) is 0 Å². The summed E-state index contributed by atoms with van der Waals surface area (Å²) in [7, 11) is 0. The molecule has 1 aromatic heterocycles. The number of aliphatic hydroxyl groups is 1. The molecule has 3 heteroatoms. The van der Waals surface area contributed by atoms with E-state index < -0.39 is 0 Å². The Morgan fingerprint density at radius 3 is 2.47 bits per heavy atom. The molecular weight excluding hydrogens is 206 g/mol. The van der Waals surface area contributed by atoms with Gasteiger partial charge in [-0.15, -0.1) is 11.3 Å². The summed E-state index contributed by atoms with van der Waals surface area (Å²) in [5.41, 5.74) is 1.36. The van der Waals surface area contributed by atoms with Crippen LogP contribution < -0.4 is 5.32 Å². The van der Waals surface area contributed by atoms with E-state index in [1.54, 1.807) is 0 Å². The van der Waals surface area contributed by atoms with Crippen LogP contribution >= 0.6 is 11.3 Å². The molecule has 0 aliphatic heterocycles. The van der Waals surface area contributed by atoms with Crippen molar-refractivity contribution in [3.63, 3.8) is 0 Å². The molecule has 0 fully saturated rings. The Bertz CT molecular complexity index is 307. The molecule has 0 aliphatic rings. The molecule has 0 aliphatic carbocycles. The van der Waals surface area contributed by atoms with Gasteiger partial charge < -0.3 is 10.4 Å². The standard InChI is InChI=1S/C12H21NOS/c1-8(2)12(7-14)13-6-11-5-9(3)15-10(11)4/h5,8,12-14H,6-7H2,1-4H3/t12-/m1/s1. The first-order valence-corrected chi connectivity index (χ1v) is 6.26. The third-order valence-corrected chi connectivity index (χ3v) is 3.71. The van der Waals surface area contributed by atoms with Gasteiger partial charge in [0.25, 0.3) is 0 Å². The van der Waals surface area contributed by atoms with E-state index in [2.05, 4.69) is 39.1 Å². The molecule has 0 aromatic carbocycles. The lowest BCUT2D eigenvalue weighted by molar-refractivity contribution is 0.210. The highest BCUT2D eigenvalue weighted by Crippen LogP contribution is 2.20. The smallest absolute Gasteiger partial charge is 0.0587 e. The molecule has 86 valence electrons. The van der Waals surface area contributed by atoms with Crippen molar-refractivity contribution < 1.29 is 5.11 Å². The summed E-state index contributed by atoms with van der Waals surface area (Å²) in [5.74, 6) is 0.468. The number of nitrogens with one attached hydrogen (secondary N) is 1. The van der Waals surface area contributed by atoms with E-state index in [0.29, 0.717) is 5.92 Å². The zero-order valence-electron chi connectivity index (χ0n) is 10.0. The van der Waals surface area contributed by atoms with Gasteiger partial charge in [-0.2, -0.15) is 0 Å². The fraction of sp³-hybridized carbons (Fsp3) is 0.667. The number of rotatable bonds is 5. The van der Waals surface area contributed by atoms with Crippen LogP contribution in [0.4, 0.5) is 0 Å². The maximum absolute atomic E-state index is 9.19. The summed E-state index contributed by atoms with van der Waals surface area (Å²) in [6.45, 7) is 9.60. The van der Waals surface area contributed by atoms with Gasteiger partial charge >= 0.3 is 0 Å². The van der Waals surface area contributed by atoms with Crippen LogP contribution in [0.1, 0.15) is 29.2 Å². The summed E-state index contributed by atoms with van der Waals surface area (Å²) in [5, 5.41) is 12.6. The molecule has 15 heavy (non-hydrogen) atoms. The van der Waals surface area contributed by atoms with Crippen LogP contribution in [0.2, 0.25) is 0 Å². The average Bonchev–Trinajstić information content (AvgIpc) is 2.45. The van der Waals surface area contributed by atoms with E-state index in [0.717, 1.165) is 6.54 Å². The Morgan fingerprint density at radius 1 is 1.40 bits per heavy atom. The van der Waals surface area contributed by atoms with E-state index in [1.807, 2.05) is 11.3 Å². The normalized spacial score (nSPS) is 13.5. The van der Waals surface area contributed by atoms with Crippen LogP contribution in [0.5, 0.6) is 0 Å². The molecule has 0 radical (unpaired) electrons. The average molecular weight is 227 g/mol. The zero-order chi connectivity index (χ0) is 11.4. The number of thiophene rings is 1. The van der Waals surface area contributed by atoms with Crippen molar-refractivity contribution in [2.75, 3.05) is 6.61 Å². The van der Waals surface area contributed by atoms with Crippen molar-refractivity contribution in [2.45, 2.75) is 40.3 Å². The molecule has 1 rings (SSSR count). The second kappa shape index (κ2) is 5.64. The van der Waals surface area contributed by atoms with Crippen LogP contribution in [-0.4, -0.2) is 17.8 Å². The third-order valence-electron chi connectivity index (χ3n) is 2.70. The van der Waals surface area contributed by atoms with Gasteiger partial charge in [-0.1, -0.05) is 13.8 Å². The molecule has 0 spiro atoms. The third kappa shape index (κ3) is 3.59. The summed E-state index contributed by atoms with van der Waals surface area (Å²) in [4.78, 5) is 2.73. The SMILES string of the molecule is Cc1cc(CN[C@H](CO)C(C)C)c(C)s1. The van der Waals surface area contributed by atoms with Crippen molar-refractivity contribution >= 4 is 11.3 Å². The maximum atomic E-state index is 9.19. The van der Waals surface area contributed by atoms with Gasteiger partial charge in [-0.05, 0) is 31.4 Å². The molecule has 2 nitrogen and oxygen atoms in total. The minimum absolute atomic E-state index is 0.199. The molecule has 1 atom stereocenters. The Balaban J connectivity index is 2.52. The summed E-state index contributed by atoms with van der Waals surface area (Å²) >= 11 is 1.83. The maximum Gasteiger partial charge on any atom is 0.0587 e. The van der Waals surface area contributed by atoms with E-state index in [1.165, 1.54) is 15.3 Å². The summed E-state index contributed by atoms with van der Waals surface area (Å²) in [6.07, 6.45) is 0. The lowest BCUT2D eigenvalue weighted by Crippen LogP contribution is -2.36. The lowest BCUT2D eigenvalue weighted by atomic mass is 10.1. The second-order valence-electron chi connectivity index (χ2n) is 4.35. The largest absolute Gasteiger partial charge is 0.395 e. The highest BCUT2D eigenvalue weighted by atomic mass is 32.1. The zero-order valence-corrected chi connectivity index (χ0v) is 10.8. The van der Waals surface area contributed by atoms with E-state index in [9.17, 15) is 5.11 Å². The Morgan fingerprint density at radius 2 is 2.07 bits per heavy atom. The predicted molar refractivity (Wildman–Crippen MR) is 66.3 cm³/mol. The molecule has 1 aromatic rings. The second-order valence-corrected chi connectivity index (χ2v) is 5.81.